The molecule has 0 bridgehead atoms. The highest BCUT2D eigenvalue weighted by molar-refractivity contribution is 7.99. The Kier molecular flexibility index (Phi) is 6.50. The molecule has 5 aromatic rings. The van der Waals surface area contributed by atoms with E-state index in [-0.39, 0.29) is 11.6 Å². The summed E-state index contributed by atoms with van der Waals surface area (Å²) in [5.74, 6) is 1.37. The smallest absolute Gasteiger partial charge is 0.271 e. The van der Waals surface area contributed by atoms with Gasteiger partial charge in [-0.25, -0.2) is 4.99 Å². The summed E-state index contributed by atoms with van der Waals surface area (Å²) in [6.45, 7) is 0. The van der Waals surface area contributed by atoms with Crippen molar-refractivity contribution in [2.24, 2.45) is 4.99 Å². The van der Waals surface area contributed by atoms with Gasteiger partial charge in [0.05, 0.1) is 23.4 Å². The number of benzene rings is 3. The summed E-state index contributed by atoms with van der Waals surface area (Å²) in [6.07, 6.45) is 3.54. The molecule has 1 aliphatic carbocycles. The molecule has 5 nitrogen and oxygen atoms in total. The van der Waals surface area contributed by atoms with Crippen LogP contribution in [0.5, 0.6) is 5.75 Å². The first kappa shape index (κ1) is 25.2. The maximum Gasteiger partial charge on any atom is 0.271 e. The first-order valence-electron chi connectivity index (χ1n) is 12.9. The van der Waals surface area contributed by atoms with Gasteiger partial charge in [-0.1, -0.05) is 77.2 Å². The number of rotatable bonds is 5. The molecule has 0 saturated carbocycles. The highest BCUT2D eigenvalue weighted by atomic mass is 35.5. The third-order valence-electron chi connectivity index (χ3n) is 7.21. The van der Waals surface area contributed by atoms with Crippen LogP contribution in [0.15, 0.2) is 115 Å². The third-order valence-corrected chi connectivity index (χ3v) is 9.38. The van der Waals surface area contributed by atoms with Crippen LogP contribution in [0, 0.1) is 0 Å². The summed E-state index contributed by atoms with van der Waals surface area (Å²) in [5.41, 5.74) is 5.39. The minimum atomic E-state index is -0.300. The number of furan rings is 1. The number of halogens is 1. The first-order chi connectivity index (χ1) is 19.6. The van der Waals surface area contributed by atoms with Gasteiger partial charge >= 0.3 is 0 Å². The zero-order valence-electron chi connectivity index (χ0n) is 21.5. The second-order valence-electron chi connectivity index (χ2n) is 9.57. The van der Waals surface area contributed by atoms with Crippen molar-refractivity contribution in [2.45, 2.75) is 28.9 Å². The molecule has 1 aliphatic heterocycles. The number of hydrogen-bond acceptors (Lipinski definition) is 6. The van der Waals surface area contributed by atoms with Crippen molar-refractivity contribution < 1.29 is 9.15 Å². The van der Waals surface area contributed by atoms with Crippen molar-refractivity contribution >= 4 is 46.5 Å². The molecule has 40 heavy (non-hydrogen) atoms. The highest BCUT2D eigenvalue weighted by Gasteiger charge is 2.34. The average Bonchev–Trinajstić information content (AvgIpc) is 3.56. The number of aromatic nitrogens is 1. The van der Waals surface area contributed by atoms with Gasteiger partial charge in [-0.05, 0) is 66.4 Å². The number of ether oxygens (including phenoxy) is 1. The molecule has 0 fully saturated rings. The number of fused-ring (bicyclic) bond motifs is 3. The van der Waals surface area contributed by atoms with E-state index in [9.17, 15) is 4.79 Å². The van der Waals surface area contributed by atoms with Crippen LogP contribution in [0.2, 0.25) is 5.02 Å². The predicted molar refractivity (Wildman–Crippen MR) is 160 cm³/mol. The van der Waals surface area contributed by atoms with Crippen molar-refractivity contribution in [1.82, 2.24) is 4.57 Å². The molecule has 1 atom stereocenters. The molecule has 3 aromatic carbocycles. The SMILES string of the molecule is COc1ccccc1[C@H]1C2=C(N=c3s/c(=C\c4ccc(Sc5ccc(Cl)cc5)o4)c(=O)n31)c1ccccc1CC2. The molecule has 0 N–H and O–H groups in total. The van der Waals surface area contributed by atoms with Crippen molar-refractivity contribution in [3.8, 4) is 5.75 Å². The van der Waals surface area contributed by atoms with E-state index < -0.39 is 0 Å². The lowest BCUT2D eigenvalue weighted by Gasteiger charge is -2.31. The normalized spacial score (nSPS) is 16.2. The fourth-order valence-electron chi connectivity index (χ4n) is 5.41. The van der Waals surface area contributed by atoms with Gasteiger partial charge in [-0.2, -0.15) is 0 Å². The topological polar surface area (TPSA) is 56.7 Å². The number of nitrogens with zero attached hydrogens (tertiary/aromatic N) is 2. The molecule has 0 saturated heterocycles. The first-order valence-corrected chi connectivity index (χ1v) is 14.9. The van der Waals surface area contributed by atoms with Crippen LogP contribution in [-0.4, -0.2) is 11.7 Å². The zero-order chi connectivity index (χ0) is 27.2. The molecule has 2 aromatic heterocycles. The summed E-state index contributed by atoms with van der Waals surface area (Å²) < 4.78 is 14.2. The third kappa shape index (κ3) is 4.44. The minimum absolute atomic E-state index is 0.0895. The van der Waals surface area contributed by atoms with E-state index in [1.54, 1.807) is 7.11 Å². The van der Waals surface area contributed by atoms with Crippen LogP contribution in [0.1, 0.15) is 34.9 Å². The predicted octanol–water partition coefficient (Wildman–Crippen LogP) is 6.72. The Hall–Kier alpha value is -3.78. The van der Waals surface area contributed by atoms with Gasteiger partial charge in [0, 0.05) is 27.1 Å². The van der Waals surface area contributed by atoms with E-state index in [1.807, 2.05) is 77.4 Å². The number of hydrogen-bond donors (Lipinski definition) is 0. The minimum Gasteiger partial charge on any atom is -0.496 e. The summed E-state index contributed by atoms with van der Waals surface area (Å²) in [5, 5.41) is 1.43. The second-order valence-corrected chi connectivity index (χ2v) is 12.1. The Morgan fingerprint density at radius 2 is 1.82 bits per heavy atom. The van der Waals surface area contributed by atoms with Crippen molar-refractivity contribution in [3.05, 3.63) is 138 Å². The monoisotopic (exact) mass is 582 g/mol. The molecule has 3 heterocycles. The summed E-state index contributed by atoms with van der Waals surface area (Å²) >= 11 is 8.90. The number of aryl methyl sites for hydroxylation is 1. The van der Waals surface area contributed by atoms with Crippen molar-refractivity contribution in [1.29, 1.82) is 0 Å². The molecule has 0 radical (unpaired) electrons. The standard InChI is InChI=1S/C32H23ClN2O3S2/c1-37-26-9-5-4-8-24(26)30-25-16-10-19-6-2-3-7-23(19)29(25)34-32-35(30)31(36)27(40-32)18-21-13-17-28(38-21)39-22-14-11-20(33)12-15-22/h2-9,11-15,17-18,30H,10,16H2,1H3/b27-18-/t30-/m0/s1. The Morgan fingerprint density at radius 3 is 2.67 bits per heavy atom. The Labute approximate surface area is 243 Å². The molecule has 2 aliphatic rings. The lowest BCUT2D eigenvalue weighted by molar-refractivity contribution is 0.402. The van der Waals surface area contributed by atoms with Gasteiger partial charge < -0.3 is 9.15 Å². The van der Waals surface area contributed by atoms with Gasteiger partial charge in [-0.15, -0.1) is 0 Å². The summed E-state index contributed by atoms with van der Waals surface area (Å²) in [7, 11) is 1.67. The van der Waals surface area contributed by atoms with Crippen LogP contribution in [0.3, 0.4) is 0 Å². The van der Waals surface area contributed by atoms with Crippen molar-refractivity contribution in [3.63, 3.8) is 0 Å². The van der Waals surface area contributed by atoms with Gasteiger partial charge in [0.1, 0.15) is 11.5 Å². The number of thiazole rings is 1. The Balaban J connectivity index is 1.36. The Morgan fingerprint density at radius 1 is 1.02 bits per heavy atom. The molecular formula is C32H23ClN2O3S2. The number of methoxy groups -OCH3 is 1. The number of allylic oxidation sites excluding steroid dienone is 1. The van der Waals surface area contributed by atoms with Crippen LogP contribution in [0.25, 0.3) is 11.8 Å². The van der Waals surface area contributed by atoms with Gasteiger partial charge in [0.2, 0.25) is 0 Å². The van der Waals surface area contributed by atoms with Crippen LogP contribution >= 0.6 is 34.7 Å². The molecule has 0 amide bonds. The van der Waals surface area contributed by atoms with E-state index in [0.29, 0.717) is 20.1 Å². The highest BCUT2D eigenvalue weighted by Crippen LogP contribution is 2.43. The molecule has 8 heteroatoms. The summed E-state index contributed by atoms with van der Waals surface area (Å²) in [4.78, 5) is 20.8. The molecule has 0 unspecified atom stereocenters. The zero-order valence-corrected chi connectivity index (χ0v) is 23.9. The molecule has 198 valence electrons. The average molecular weight is 583 g/mol. The second kappa shape index (κ2) is 10.3. The van der Waals surface area contributed by atoms with Crippen LogP contribution in [0.4, 0.5) is 0 Å². The van der Waals surface area contributed by atoms with E-state index in [0.717, 1.165) is 51.0 Å². The van der Waals surface area contributed by atoms with Gasteiger partial charge in [-0.3, -0.25) is 9.36 Å². The van der Waals surface area contributed by atoms with E-state index >= 15 is 0 Å². The van der Waals surface area contributed by atoms with Gasteiger partial charge in [0.25, 0.3) is 5.56 Å². The molecule has 0 spiro atoms. The lowest BCUT2D eigenvalue weighted by Crippen LogP contribution is -2.38. The fourth-order valence-corrected chi connectivity index (χ4v) is 7.29. The number of para-hydroxylation sites is 1. The fraction of sp³-hybridized carbons (Fsp3) is 0.125. The van der Waals surface area contributed by atoms with E-state index in [4.69, 9.17) is 25.7 Å². The summed E-state index contributed by atoms with van der Waals surface area (Å²) in [6, 6.07) is 27.5. The van der Waals surface area contributed by atoms with E-state index in [1.165, 1.54) is 28.7 Å². The molecule has 7 rings (SSSR count). The quantitative estimate of drug-likeness (QED) is 0.231. The van der Waals surface area contributed by atoms with Crippen LogP contribution in [-0.2, 0) is 6.42 Å². The van der Waals surface area contributed by atoms with Gasteiger partial charge in [0.15, 0.2) is 9.89 Å². The largest absolute Gasteiger partial charge is 0.496 e. The van der Waals surface area contributed by atoms with Crippen molar-refractivity contribution in [2.75, 3.05) is 7.11 Å². The lowest BCUT2D eigenvalue weighted by atomic mass is 9.83. The molecular weight excluding hydrogens is 560 g/mol. The maximum absolute atomic E-state index is 14.0. The maximum atomic E-state index is 14.0. The van der Waals surface area contributed by atoms with E-state index in [2.05, 4.69) is 18.2 Å². The van der Waals surface area contributed by atoms with Crippen LogP contribution < -0.4 is 19.6 Å². The Bertz CT molecular complexity index is 1970.